The number of halogens is 4. The van der Waals surface area contributed by atoms with Gasteiger partial charge in [-0.25, -0.2) is 9.37 Å². The minimum atomic E-state index is -4.68. The number of nitrogens with zero attached hydrogens (tertiary/aromatic N) is 2. The Morgan fingerprint density at radius 2 is 1.72 bits per heavy atom. The number of hydrogen-bond donors (Lipinski definition) is 1. The number of hydrogen-bond acceptors (Lipinski definition) is 4. The fourth-order valence-corrected chi connectivity index (χ4v) is 1.99. The lowest BCUT2D eigenvalue weighted by Crippen LogP contribution is -2.11. The average Bonchev–Trinajstić information content (AvgIpc) is 2.55. The summed E-state index contributed by atoms with van der Waals surface area (Å²) in [5.74, 6) is -1.10. The van der Waals surface area contributed by atoms with Crippen LogP contribution in [0.1, 0.15) is 5.56 Å². The molecule has 0 saturated carbocycles. The summed E-state index contributed by atoms with van der Waals surface area (Å²) in [5.41, 5.74) is -0.813. The van der Waals surface area contributed by atoms with Crippen molar-refractivity contribution in [3.8, 4) is 11.6 Å². The lowest BCUT2D eigenvalue weighted by atomic mass is 10.3. The highest BCUT2D eigenvalue weighted by Crippen LogP contribution is 2.37. The molecule has 3 rings (SSSR count). The van der Waals surface area contributed by atoms with Crippen LogP contribution in [0.25, 0.3) is 0 Å². The van der Waals surface area contributed by atoms with Crippen LogP contribution in [-0.2, 0) is 6.18 Å². The highest BCUT2D eigenvalue weighted by atomic mass is 19.4. The molecule has 8 heteroatoms. The van der Waals surface area contributed by atoms with Crippen LogP contribution < -0.4 is 10.1 Å². The number of benzene rings is 2. The maximum Gasteiger partial charge on any atom is 0.423 e. The third kappa shape index (κ3) is 4.23. The monoisotopic (exact) mass is 349 g/mol. The van der Waals surface area contributed by atoms with Gasteiger partial charge in [-0.15, -0.1) is 0 Å². The molecule has 4 nitrogen and oxygen atoms in total. The van der Waals surface area contributed by atoms with Gasteiger partial charge in [-0.1, -0.05) is 24.3 Å². The predicted molar refractivity (Wildman–Crippen MR) is 83.2 cm³/mol. The SMILES string of the molecule is Fc1cccc(Nc2ncc(C(F)(F)F)c(Oc3ccccc3)n2)c1. The second-order valence-electron chi connectivity index (χ2n) is 4.96. The molecule has 0 atom stereocenters. The number of para-hydroxylation sites is 1. The molecule has 0 aliphatic heterocycles. The van der Waals surface area contributed by atoms with Crippen molar-refractivity contribution in [3.05, 3.63) is 72.2 Å². The largest absolute Gasteiger partial charge is 0.438 e. The number of aromatic nitrogens is 2. The molecular weight excluding hydrogens is 338 g/mol. The zero-order chi connectivity index (χ0) is 17.9. The molecule has 128 valence electrons. The van der Waals surface area contributed by atoms with Crippen molar-refractivity contribution in [3.63, 3.8) is 0 Å². The second-order valence-corrected chi connectivity index (χ2v) is 4.96. The highest BCUT2D eigenvalue weighted by molar-refractivity contribution is 5.54. The van der Waals surface area contributed by atoms with E-state index in [0.717, 1.165) is 0 Å². The molecule has 0 unspecified atom stereocenters. The Balaban J connectivity index is 1.95. The van der Waals surface area contributed by atoms with Gasteiger partial charge in [-0.05, 0) is 30.3 Å². The Hall–Kier alpha value is -3.16. The minimum Gasteiger partial charge on any atom is -0.438 e. The predicted octanol–water partition coefficient (Wildman–Crippen LogP) is 5.17. The van der Waals surface area contributed by atoms with E-state index < -0.39 is 23.4 Å². The van der Waals surface area contributed by atoms with Crippen LogP contribution in [0.4, 0.5) is 29.2 Å². The van der Waals surface area contributed by atoms with E-state index in [4.69, 9.17) is 4.74 Å². The molecule has 0 amide bonds. The van der Waals surface area contributed by atoms with Gasteiger partial charge in [0.05, 0.1) is 0 Å². The topological polar surface area (TPSA) is 47.0 Å². The molecule has 1 aromatic heterocycles. The summed E-state index contributed by atoms with van der Waals surface area (Å²) in [6.45, 7) is 0. The van der Waals surface area contributed by atoms with Gasteiger partial charge in [0.15, 0.2) is 0 Å². The summed E-state index contributed by atoms with van der Waals surface area (Å²) in [5, 5.41) is 2.64. The van der Waals surface area contributed by atoms with Crippen molar-refractivity contribution in [2.24, 2.45) is 0 Å². The van der Waals surface area contributed by atoms with Gasteiger partial charge in [0, 0.05) is 11.9 Å². The molecule has 0 radical (unpaired) electrons. The molecule has 3 aromatic rings. The quantitative estimate of drug-likeness (QED) is 0.660. The van der Waals surface area contributed by atoms with E-state index in [2.05, 4.69) is 15.3 Å². The summed E-state index contributed by atoms with van der Waals surface area (Å²) in [7, 11) is 0. The first-order chi connectivity index (χ1) is 11.9. The normalized spacial score (nSPS) is 11.2. The Bertz CT molecular complexity index is 869. The van der Waals surface area contributed by atoms with Crippen molar-refractivity contribution >= 4 is 11.6 Å². The zero-order valence-corrected chi connectivity index (χ0v) is 12.6. The number of alkyl halides is 3. The van der Waals surface area contributed by atoms with Gasteiger partial charge in [0.25, 0.3) is 0 Å². The molecular formula is C17H11F4N3O. The summed E-state index contributed by atoms with van der Waals surface area (Å²) >= 11 is 0. The Morgan fingerprint density at radius 1 is 0.960 bits per heavy atom. The van der Waals surface area contributed by atoms with Gasteiger partial charge in [-0.3, -0.25) is 0 Å². The number of rotatable bonds is 4. The van der Waals surface area contributed by atoms with Gasteiger partial charge in [-0.2, -0.15) is 18.2 Å². The summed E-state index contributed by atoms with van der Waals surface area (Å²) in [4.78, 5) is 7.40. The number of ether oxygens (including phenoxy) is 1. The molecule has 25 heavy (non-hydrogen) atoms. The molecule has 0 fully saturated rings. The Kier molecular flexibility index (Phi) is 4.51. The van der Waals surface area contributed by atoms with E-state index >= 15 is 0 Å². The molecule has 0 aliphatic carbocycles. The third-order valence-corrected chi connectivity index (χ3v) is 3.10. The van der Waals surface area contributed by atoms with Crippen LogP contribution in [0.5, 0.6) is 11.6 Å². The molecule has 0 bridgehead atoms. The zero-order valence-electron chi connectivity index (χ0n) is 12.6. The average molecular weight is 349 g/mol. The maximum absolute atomic E-state index is 13.2. The molecule has 0 aliphatic rings. The summed E-state index contributed by atoms with van der Waals surface area (Å²) in [6.07, 6.45) is -4.06. The molecule has 0 saturated heterocycles. The first kappa shape index (κ1) is 16.7. The van der Waals surface area contributed by atoms with Crippen LogP contribution in [-0.4, -0.2) is 9.97 Å². The van der Waals surface area contributed by atoms with E-state index in [-0.39, 0.29) is 11.7 Å². The minimum absolute atomic E-state index is 0.149. The van der Waals surface area contributed by atoms with Crippen LogP contribution in [0.3, 0.4) is 0 Å². The van der Waals surface area contributed by atoms with E-state index in [1.165, 1.54) is 36.4 Å². The second kappa shape index (κ2) is 6.76. The third-order valence-electron chi connectivity index (χ3n) is 3.10. The van der Waals surface area contributed by atoms with Crippen molar-refractivity contribution in [2.75, 3.05) is 5.32 Å². The fraction of sp³-hybridized carbons (Fsp3) is 0.0588. The standard InChI is InChI=1S/C17H11F4N3O/c18-11-5-4-6-12(9-11)23-16-22-10-14(17(19,20)21)15(24-16)25-13-7-2-1-3-8-13/h1-10H,(H,22,23,24). The van der Waals surface area contributed by atoms with Crippen molar-refractivity contribution < 1.29 is 22.3 Å². The summed E-state index contributed by atoms with van der Waals surface area (Å²) in [6, 6.07) is 13.3. The fourth-order valence-electron chi connectivity index (χ4n) is 1.99. The van der Waals surface area contributed by atoms with E-state index in [9.17, 15) is 17.6 Å². The maximum atomic E-state index is 13.2. The van der Waals surface area contributed by atoms with Crippen molar-refractivity contribution in [1.29, 1.82) is 0 Å². The molecule has 0 spiro atoms. The van der Waals surface area contributed by atoms with E-state index in [1.54, 1.807) is 18.2 Å². The van der Waals surface area contributed by atoms with Gasteiger partial charge < -0.3 is 10.1 Å². The molecule has 2 aromatic carbocycles. The van der Waals surface area contributed by atoms with Crippen LogP contribution in [0, 0.1) is 5.82 Å². The van der Waals surface area contributed by atoms with Gasteiger partial charge in [0.1, 0.15) is 17.1 Å². The van der Waals surface area contributed by atoms with Gasteiger partial charge in [0.2, 0.25) is 11.8 Å². The Labute approximate surface area is 140 Å². The lowest BCUT2D eigenvalue weighted by Gasteiger charge is -2.14. The first-order valence-corrected chi connectivity index (χ1v) is 7.11. The Morgan fingerprint density at radius 3 is 2.40 bits per heavy atom. The van der Waals surface area contributed by atoms with E-state index in [0.29, 0.717) is 11.9 Å². The van der Waals surface area contributed by atoms with Crippen LogP contribution in [0.2, 0.25) is 0 Å². The molecule has 1 N–H and O–H groups in total. The number of anilines is 2. The van der Waals surface area contributed by atoms with E-state index in [1.807, 2.05) is 0 Å². The highest BCUT2D eigenvalue weighted by Gasteiger charge is 2.36. The smallest absolute Gasteiger partial charge is 0.423 e. The lowest BCUT2D eigenvalue weighted by molar-refractivity contribution is -0.139. The number of nitrogens with one attached hydrogen (secondary N) is 1. The van der Waals surface area contributed by atoms with Crippen molar-refractivity contribution in [2.45, 2.75) is 6.18 Å². The summed E-state index contributed by atoms with van der Waals surface area (Å²) < 4.78 is 57.9. The van der Waals surface area contributed by atoms with Crippen LogP contribution >= 0.6 is 0 Å². The van der Waals surface area contributed by atoms with Gasteiger partial charge >= 0.3 is 6.18 Å². The first-order valence-electron chi connectivity index (χ1n) is 7.11. The van der Waals surface area contributed by atoms with Crippen LogP contribution in [0.15, 0.2) is 60.8 Å². The van der Waals surface area contributed by atoms with Crippen molar-refractivity contribution in [1.82, 2.24) is 9.97 Å². The molecule has 1 heterocycles.